The minimum Gasteiger partial charge on any atom is -0.396 e. The van der Waals surface area contributed by atoms with Crippen molar-refractivity contribution in [1.29, 1.82) is 0 Å². The van der Waals surface area contributed by atoms with Crippen molar-refractivity contribution in [2.45, 2.75) is 44.7 Å². The van der Waals surface area contributed by atoms with Crippen LogP contribution in [0, 0.1) is 5.92 Å². The van der Waals surface area contributed by atoms with Crippen LogP contribution in [0.15, 0.2) is 22.6 Å². The van der Waals surface area contributed by atoms with Gasteiger partial charge >= 0.3 is 0 Å². The molecule has 2 unspecified atom stereocenters. The lowest BCUT2D eigenvalue weighted by Crippen LogP contribution is -2.43. The molecule has 0 spiro atoms. The Morgan fingerprint density at radius 3 is 3.09 bits per heavy atom. The van der Waals surface area contributed by atoms with Gasteiger partial charge in [0.15, 0.2) is 0 Å². The van der Waals surface area contributed by atoms with Crippen molar-refractivity contribution in [1.82, 2.24) is 14.9 Å². The smallest absolute Gasteiger partial charge is 0.262 e. The largest absolute Gasteiger partial charge is 0.396 e. The van der Waals surface area contributed by atoms with Crippen LogP contribution in [-0.4, -0.2) is 33.2 Å². The molecule has 1 aliphatic carbocycles. The monoisotopic (exact) mass is 335 g/mol. The number of aliphatic hydroxyl groups excluding tert-OH is 1. The van der Waals surface area contributed by atoms with Crippen molar-refractivity contribution in [3.8, 4) is 0 Å². The molecule has 0 aromatic carbocycles. The maximum atomic E-state index is 12.3. The maximum Gasteiger partial charge on any atom is 0.262 e. The van der Waals surface area contributed by atoms with Gasteiger partial charge in [-0.05, 0) is 24.3 Å². The van der Waals surface area contributed by atoms with Gasteiger partial charge in [0.2, 0.25) is 5.91 Å². The van der Waals surface area contributed by atoms with E-state index < -0.39 is 0 Å². The van der Waals surface area contributed by atoms with Crippen molar-refractivity contribution in [2.75, 3.05) is 6.61 Å². The molecule has 2 aromatic rings. The highest BCUT2D eigenvalue weighted by molar-refractivity contribution is 7.16. The van der Waals surface area contributed by atoms with E-state index in [0.717, 1.165) is 30.5 Å². The van der Waals surface area contributed by atoms with Crippen LogP contribution >= 0.6 is 11.3 Å². The number of hydrogen-bond acceptors (Lipinski definition) is 5. The van der Waals surface area contributed by atoms with Crippen LogP contribution in [0.25, 0.3) is 10.2 Å². The van der Waals surface area contributed by atoms with Gasteiger partial charge in [0.1, 0.15) is 4.83 Å². The number of fused-ring (bicyclic) bond motifs is 1. The third-order valence-electron chi connectivity index (χ3n) is 4.52. The van der Waals surface area contributed by atoms with E-state index in [1.165, 1.54) is 22.2 Å². The lowest BCUT2D eigenvalue weighted by Gasteiger charge is -2.30. The van der Waals surface area contributed by atoms with E-state index in [0.29, 0.717) is 11.9 Å². The third kappa shape index (κ3) is 3.61. The lowest BCUT2D eigenvalue weighted by molar-refractivity contribution is -0.122. The summed E-state index contributed by atoms with van der Waals surface area (Å²) in [5.41, 5.74) is -0.102. The standard InChI is InChI=1S/C16H21N3O3S/c20-9-11-3-1-2-4-13(11)18-14(21)5-7-19-10-17-15-12(16(19)22)6-8-23-15/h6,8,10-11,13,20H,1-5,7,9H2,(H,18,21). The molecule has 0 bridgehead atoms. The van der Waals surface area contributed by atoms with Crippen LogP contribution < -0.4 is 10.9 Å². The molecule has 0 radical (unpaired) electrons. The number of aromatic nitrogens is 2. The topological polar surface area (TPSA) is 84.2 Å². The molecule has 1 fully saturated rings. The van der Waals surface area contributed by atoms with E-state index >= 15 is 0 Å². The van der Waals surface area contributed by atoms with Gasteiger partial charge in [0, 0.05) is 31.5 Å². The first-order valence-electron chi connectivity index (χ1n) is 8.02. The molecule has 0 aliphatic heterocycles. The van der Waals surface area contributed by atoms with Crippen molar-refractivity contribution in [3.05, 3.63) is 28.1 Å². The molecule has 2 heterocycles. The number of amides is 1. The van der Waals surface area contributed by atoms with Gasteiger partial charge in [0.05, 0.1) is 11.7 Å². The molecule has 6 nitrogen and oxygen atoms in total. The quantitative estimate of drug-likeness (QED) is 0.867. The summed E-state index contributed by atoms with van der Waals surface area (Å²) in [5.74, 6) is 0.0758. The molecule has 2 atom stereocenters. The summed E-state index contributed by atoms with van der Waals surface area (Å²) >= 11 is 1.43. The second-order valence-electron chi connectivity index (χ2n) is 6.03. The van der Waals surface area contributed by atoms with E-state index in [-0.39, 0.29) is 36.5 Å². The molecular weight excluding hydrogens is 314 g/mol. The molecule has 2 N–H and O–H groups in total. The van der Waals surface area contributed by atoms with Gasteiger partial charge in [-0.15, -0.1) is 11.3 Å². The average molecular weight is 335 g/mol. The second-order valence-corrected chi connectivity index (χ2v) is 6.93. The van der Waals surface area contributed by atoms with Crippen molar-refractivity contribution in [2.24, 2.45) is 5.92 Å². The Morgan fingerprint density at radius 2 is 2.26 bits per heavy atom. The van der Waals surface area contributed by atoms with Gasteiger partial charge in [-0.1, -0.05) is 12.8 Å². The number of aliphatic hydroxyl groups is 1. The Hall–Kier alpha value is -1.73. The Balaban J connectivity index is 1.59. The molecule has 7 heteroatoms. The zero-order valence-electron chi connectivity index (χ0n) is 12.9. The summed E-state index contributed by atoms with van der Waals surface area (Å²) in [5, 5.41) is 14.8. The molecule has 2 aromatic heterocycles. The van der Waals surface area contributed by atoms with Crippen LogP contribution in [0.1, 0.15) is 32.1 Å². The van der Waals surface area contributed by atoms with Gasteiger partial charge in [-0.25, -0.2) is 4.98 Å². The number of nitrogens with one attached hydrogen (secondary N) is 1. The average Bonchev–Trinajstić information content (AvgIpc) is 3.04. The minimum atomic E-state index is -0.102. The Labute approximate surface area is 138 Å². The van der Waals surface area contributed by atoms with Crippen LogP contribution in [0.2, 0.25) is 0 Å². The summed E-state index contributed by atoms with van der Waals surface area (Å²) in [6.07, 6.45) is 5.81. The van der Waals surface area contributed by atoms with Crippen LogP contribution in [-0.2, 0) is 11.3 Å². The molecule has 1 aliphatic rings. The van der Waals surface area contributed by atoms with Crippen molar-refractivity contribution < 1.29 is 9.90 Å². The summed E-state index contributed by atoms with van der Waals surface area (Å²) in [6.45, 7) is 0.434. The molecule has 1 saturated carbocycles. The van der Waals surface area contributed by atoms with E-state index in [1.807, 2.05) is 5.38 Å². The second kappa shape index (κ2) is 7.23. The zero-order chi connectivity index (χ0) is 16.2. The first-order chi connectivity index (χ1) is 11.2. The third-order valence-corrected chi connectivity index (χ3v) is 5.34. The fourth-order valence-corrected chi connectivity index (χ4v) is 3.89. The van der Waals surface area contributed by atoms with Crippen LogP contribution in [0.3, 0.4) is 0 Å². The number of thiophene rings is 1. The normalized spacial score (nSPS) is 21.4. The number of hydrogen-bond donors (Lipinski definition) is 2. The highest BCUT2D eigenvalue weighted by Crippen LogP contribution is 2.24. The highest BCUT2D eigenvalue weighted by Gasteiger charge is 2.25. The van der Waals surface area contributed by atoms with E-state index in [1.54, 1.807) is 6.07 Å². The molecule has 1 amide bonds. The molecule has 3 rings (SSSR count). The van der Waals surface area contributed by atoms with Gasteiger partial charge in [-0.3, -0.25) is 14.2 Å². The van der Waals surface area contributed by atoms with Gasteiger partial charge in [0.25, 0.3) is 5.56 Å². The predicted octanol–water partition coefficient (Wildman–Crippen LogP) is 1.52. The number of carbonyl (C=O) groups is 1. The molecule has 124 valence electrons. The Morgan fingerprint density at radius 1 is 1.43 bits per heavy atom. The van der Waals surface area contributed by atoms with Crippen molar-refractivity contribution in [3.63, 3.8) is 0 Å². The number of carbonyl (C=O) groups excluding carboxylic acids is 1. The minimum absolute atomic E-state index is 0.0513. The first kappa shape index (κ1) is 16.1. The van der Waals surface area contributed by atoms with E-state index in [9.17, 15) is 14.7 Å². The maximum absolute atomic E-state index is 12.3. The summed E-state index contributed by atoms with van der Waals surface area (Å²) in [6, 6.07) is 1.82. The van der Waals surface area contributed by atoms with Gasteiger partial charge < -0.3 is 10.4 Å². The molecular formula is C16H21N3O3S. The van der Waals surface area contributed by atoms with E-state index in [2.05, 4.69) is 10.3 Å². The van der Waals surface area contributed by atoms with Gasteiger partial charge in [-0.2, -0.15) is 0 Å². The van der Waals surface area contributed by atoms with Crippen LogP contribution in [0.4, 0.5) is 0 Å². The van der Waals surface area contributed by atoms with E-state index in [4.69, 9.17) is 0 Å². The molecule has 0 saturated heterocycles. The van der Waals surface area contributed by atoms with Crippen LogP contribution in [0.5, 0.6) is 0 Å². The number of rotatable bonds is 5. The number of aryl methyl sites for hydroxylation is 1. The Kier molecular flexibility index (Phi) is 5.07. The van der Waals surface area contributed by atoms with Crippen molar-refractivity contribution >= 4 is 27.5 Å². The first-order valence-corrected chi connectivity index (χ1v) is 8.90. The SMILES string of the molecule is O=C(CCn1cnc2sccc2c1=O)NC1CCCCC1CO. The fraction of sp³-hybridized carbons (Fsp3) is 0.562. The summed E-state index contributed by atoms with van der Waals surface area (Å²) in [7, 11) is 0. The zero-order valence-corrected chi connectivity index (χ0v) is 13.7. The molecule has 23 heavy (non-hydrogen) atoms. The predicted molar refractivity (Wildman–Crippen MR) is 89.5 cm³/mol. The highest BCUT2D eigenvalue weighted by atomic mass is 32.1. The summed E-state index contributed by atoms with van der Waals surface area (Å²) < 4.78 is 1.49. The lowest BCUT2D eigenvalue weighted by atomic mass is 9.85. The fourth-order valence-electron chi connectivity index (χ4n) is 3.17. The Bertz CT molecular complexity index is 739. The summed E-state index contributed by atoms with van der Waals surface area (Å²) in [4.78, 5) is 29.4. The number of nitrogens with zero attached hydrogens (tertiary/aromatic N) is 2.